The maximum absolute atomic E-state index is 12.8. The van der Waals surface area contributed by atoms with Gasteiger partial charge in [0.15, 0.2) is 11.5 Å². The number of rotatable bonds is 12. The zero-order chi connectivity index (χ0) is 21.4. The van der Waals surface area contributed by atoms with Crippen LogP contribution in [0.2, 0.25) is 0 Å². The third-order valence-electron chi connectivity index (χ3n) is 5.03. The second-order valence-electron chi connectivity index (χ2n) is 7.99. The van der Waals surface area contributed by atoms with Crippen LogP contribution in [-0.2, 0) is 4.79 Å². The van der Waals surface area contributed by atoms with Gasteiger partial charge in [-0.15, -0.1) is 0 Å². The lowest BCUT2D eigenvalue weighted by Gasteiger charge is -2.27. The second-order valence-corrected chi connectivity index (χ2v) is 7.99. The first-order chi connectivity index (χ1) is 13.8. The molecule has 0 bridgehead atoms. The summed E-state index contributed by atoms with van der Waals surface area (Å²) in [6.45, 7) is 12.3. The molecule has 2 aromatic rings. The van der Waals surface area contributed by atoms with Gasteiger partial charge in [0.2, 0.25) is 0 Å². The molecule has 0 spiro atoms. The predicted molar refractivity (Wildman–Crippen MR) is 118 cm³/mol. The number of Topliss-reactive ketones (excluding diaryl/α,β-unsaturated/α-hetero) is 1. The highest BCUT2D eigenvalue weighted by Gasteiger charge is 2.24. The van der Waals surface area contributed by atoms with Crippen molar-refractivity contribution >= 4 is 22.7 Å². The Hall–Kier alpha value is -2.56. The van der Waals surface area contributed by atoms with Crippen molar-refractivity contribution in [1.29, 1.82) is 0 Å². The number of hydrogen-bond donors (Lipinski definition) is 2. The summed E-state index contributed by atoms with van der Waals surface area (Å²) in [5.74, 6) is 0.527. The third-order valence-corrected chi connectivity index (χ3v) is 5.03. The van der Waals surface area contributed by atoms with Gasteiger partial charge in [0, 0.05) is 17.5 Å². The molecule has 1 aromatic carbocycles. The highest BCUT2D eigenvalue weighted by molar-refractivity contribution is 5.96. The van der Waals surface area contributed by atoms with Gasteiger partial charge in [-0.2, -0.15) is 0 Å². The number of para-hydroxylation sites is 1. The normalized spacial score (nSPS) is 13.3. The summed E-state index contributed by atoms with van der Waals surface area (Å²) < 4.78 is 5.69. The number of nitrogens with one attached hydrogen (secondary N) is 2. The number of unbranched alkanes of at least 4 members (excludes halogenated alkanes) is 1. The molecule has 5 nitrogen and oxygen atoms in total. The lowest BCUT2D eigenvalue weighted by Crippen LogP contribution is -2.45. The van der Waals surface area contributed by atoms with Gasteiger partial charge < -0.3 is 15.1 Å². The van der Waals surface area contributed by atoms with Gasteiger partial charge in [0.25, 0.3) is 5.91 Å². The Morgan fingerprint density at radius 2 is 1.83 bits per heavy atom. The van der Waals surface area contributed by atoms with Crippen molar-refractivity contribution in [2.24, 2.45) is 5.92 Å². The third kappa shape index (κ3) is 6.48. The van der Waals surface area contributed by atoms with Crippen LogP contribution in [-0.4, -0.2) is 23.8 Å². The quantitative estimate of drug-likeness (QED) is 0.514. The summed E-state index contributed by atoms with van der Waals surface area (Å²) in [5.41, 5.74) is 1.36. The molecule has 2 rings (SSSR count). The number of ketones is 1. The van der Waals surface area contributed by atoms with E-state index in [0.717, 1.165) is 31.1 Å². The van der Waals surface area contributed by atoms with Crippen LogP contribution in [0.4, 0.5) is 0 Å². The molecule has 29 heavy (non-hydrogen) atoms. The number of carbonyl (C=O) groups excluding carboxylic acids is 2. The summed E-state index contributed by atoms with van der Waals surface area (Å²) >= 11 is 0. The maximum atomic E-state index is 12.8. The molecule has 158 valence electrons. The fraction of sp³-hybridized carbons (Fsp3) is 0.500. The number of carbonyl (C=O) groups is 2. The Bertz CT molecular complexity index is 805. The van der Waals surface area contributed by atoms with Crippen LogP contribution in [0.25, 0.3) is 11.0 Å². The molecule has 0 saturated carbocycles. The van der Waals surface area contributed by atoms with Gasteiger partial charge in [-0.3, -0.25) is 9.59 Å². The van der Waals surface area contributed by atoms with Crippen molar-refractivity contribution in [2.45, 2.75) is 71.9 Å². The van der Waals surface area contributed by atoms with Crippen molar-refractivity contribution in [2.75, 3.05) is 0 Å². The standard InChI is InChI=1S/C24H34N2O3/c1-6-8-12-19(21(27)7-2)25-17(5)20(14-16(3)4)26-24(28)23-15-18-11-9-10-13-22(18)29-23/h9-11,13,15-16,19-20,25H,5-8,12,14H2,1-4H3,(H,26,28). The Morgan fingerprint density at radius 3 is 2.45 bits per heavy atom. The smallest absolute Gasteiger partial charge is 0.287 e. The number of fused-ring (bicyclic) bond motifs is 1. The largest absolute Gasteiger partial charge is 0.451 e. The number of hydrogen-bond acceptors (Lipinski definition) is 4. The van der Waals surface area contributed by atoms with Crippen molar-refractivity contribution in [3.63, 3.8) is 0 Å². The molecule has 0 aliphatic heterocycles. The number of amides is 1. The van der Waals surface area contributed by atoms with Crippen molar-refractivity contribution in [1.82, 2.24) is 10.6 Å². The predicted octanol–water partition coefficient (Wildman–Crippen LogP) is 5.22. The topological polar surface area (TPSA) is 71.3 Å². The summed E-state index contributed by atoms with van der Waals surface area (Å²) in [6.07, 6.45) is 3.97. The van der Waals surface area contributed by atoms with Crippen LogP contribution < -0.4 is 10.6 Å². The van der Waals surface area contributed by atoms with E-state index in [-0.39, 0.29) is 29.5 Å². The van der Waals surface area contributed by atoms with E-state index in [9.17, 15) is 9.59 Å². The molecule has 1 amide bonds. The molecular formula is C24H34N2O3. The fourth-order valence-electron chi connectivity index (χ4n) is 3.38. The molecule has 0 radical (unpaired) electrons. The molecule has 5 heteroatoms. The molecule has 0 saturated heterocycles. The van der Waals surface area contributed by atoms with Crippen LogP contribution in [0.15, 0.2) is 47.0 Å². The lowest BCUT2D eigenvalue weighted by atomic mass is 9.98. The van der Waals surface area contributed by atoms with Gasteiger partial charge in [-0.05, 0) is 30.9 Å². The van der Waals surface area contributed by atoms with Crippen molar-refractivity contribution in [3.05, 3.63) is 48.4 Å². The first-order valence-electron chi connectivity index (χ1n) is 10.6. The Balaban J connectivity index is 2.13. The summed E-state index contributed by atoms with van der Waals surface area (Å²) in [4.78, 5) is 25.2. The van der Waals surface area contributed by atoms with Crippen molar-refractivity contribution < 1.29 is 14.0 Å². The molecular weight excluding hydrogens is 364 g/mol. The van der Waals surface area contributed by atoms with E-state index in [2.05, 4.69) is 38.0 Å². The van der Waals surface area contributed by atoms with Gasteiger partial charge in [0.05, 0.1) is 12.1 Å². The number of furan rings is 1. The van der Waals surface area contributed by atoms with Gasteiger partial charge in [-0.25, -0.2) is 0 Å². The summed E-state index contributed by atoms with van der Waals surface area (Å²) in [7, 11) is 0. The minimum atomic E-state index is -0.288. The van der Waals surface area contributed by atoms with Gasteiger partial charge >= 0.3 is 0 Å². The maximum Gasteiger partial charge on any atom is 0.287 e. The van der Waals surface area contributed by atoms with Crippen molar-refractivity contribution in [3.8, 4) is 0 Å². The Kier molecular flexibility index (Phi) is 8.50. The Labute approximate surface area is 173 Å². The zero-order valence-electron chi connectivity index (χ0n) is 18.1. The summed E-state index contributed by atoms with van der Waals surface area (Å²) in [6, 6.07) is 8.74. The van der Waals surface area contributed by atoms with E-state index in [1.807, 2.05) is 31.2 Å². The van der Waals surface area contributed by atoms with Crippen LogP contribution in [0.5, 0.6) is 0 Å². The van der Waals surface area contributed by atoms with Crippen LogP contribution in [0, 0.1) is 5.92 Å². The van der Waals surface area contributed by atoms with E-state index in [1.165, 1.54) is 0 Å². The zero-order valence-corrected chi connectivity index (χ0v) is 18.1. The van der Waals surface area contributed by atoms with Gasteiger partial charge in [0.1, 0.15) is 5.58 Å². The highest BCUT2D eigenvalue weighted by atomic mass is 16.3. The molecule has 0 fully saturated rings. The molecule has 0 aliphatic rings. The van der Waals surface area contributed by atoms with E-state index >= 15 is 0 Å². The second kappa shape index (κ2) is 10.8. The number of benzene rings is 1. The van der Waals surface area contributed by atoms with E-state index < -0.39 is 0 Å². The van der Waals surface area contributed by atoms with E-state index in [0.29, 0.717) is 23.6 Å². The van der Waals surface area contributed by atoms with Crippen LogP contribution in [0.3, 0.4) is 0 Å². The van der Waals surface area contributed by atoms with Gasteiger partial charge in [-0.1, -0.05) is 65.3 Å². The Morgan fingerprint density at radius 1 is 1.10 bits per heavy atom. The first-order valence-corrected chi connectivity index (χ1v) is 10.6. The molecule has 0 aliphatic carbocycles. The highest BCUT2D eigenvalue weighted by Crippen LogP contribution is 2.20. The van der Waals surface area contributed by atoms with Crippen LogP contribution in [0.1, 0.15) is 70.4 Å². The molecule has 2 atom stereocenters. The van der Waals surface area contributed by atoms with E-state index in [4.69, 9.17) is 4.42 Å². The lowest BCUT2D eigenvalue weighted by molar-refractivity contribution is -0.120. The monoisotopic (exact) mass is 398 g/mol. The first kappa shape index (κ1) is 22.7. The SMILES string of the molecule is C=C(NC(CCCC)C(=O)CC)C(CC(C)C)NC(=O)c1cc2ccccc2o1. The fourth-order valence-corrected chi connectivity index (χ4v) is 3.38. The van der Waals surface area contributed by atoms with Crippen LogP contribution >= 0.6 is 0 Å². The minimum Gasteiger partial charge on any atom is -0.451 e. The average Bonchev–Trinajstić information content (AvgIpc) is 3.13. The molecule has 1 aromatic heterocycles. The van der Waals surface area contributed by atoms with E-state index in [1.54, 1.807) is 6.07 Å². The molecule has 1 heterocycles. The minimum absolute atomic E-state index is 0.173. The molecule has 2 unspecified atom stereocenters. The average molecular weight is 399 g/mol. The molecule has 2 N–H and O–H groups in total. The summed E-state index contributed by atoms with van der Waals surface area (Å²) in [5, 5.41) is 7.23.